The summed E-state index contributed by atoms with van der Waals surface area (Å²) < 4.78 is 61.5. The molecule has 0 aliphatic carbocycles. The Morgan fingerprint density at radius 1 is 1.07 bits per heavy atom. The number of benzene rings is 2. The lowest BCUT2D eigenvalue weighted by Gasteiger charge is -2.24. The van der Waals surface area contributed by atoms with Crippen molar-refractivity contribution in [3.8, 4) is 29.1 Å². The standard InChI is InChI=1S/C20H19F3N2O5/c1-27-15-8-13(9-16(28-2)18(15)29-3)19(20(21,22)23)25-17(26)11-30-14-7-5-4-6-12(14)10-24/h4-9,19H,11H2,1-3H3,(H,25,26)/t19-/m0/s1. The number of hydrogen-bond donors (Lipinski definition) is 1. The van der Waals surface area contributed by atoms with E-state index in [1.165, 1.54) is 33.5 Å². The van der Waals surface area contributed by atoms with Gasteiger partial charge in [0.05, 0.1) is 26.9 Å². The van der Waals surface area contributed by atoms with Crippen molar-refractivity contribution >= 4 is 5.91 Å². The predicted molar refractivity (Wildman–Crippen MR) is 99.7 cm³/mol. The molecule has 0 bridgehead atoms. The quantitative estimate of drug-likeness (QED) is 0.699. The number of hydrogen-bond acceptors (Lipinski definition) is 6. The van der Waals surface area contributed by atoms with Crippen molar-refractivity contribution < 1.29 is 36.9 Å². The Morgan fingerprint density at radius 2 is 1.67 bits per heavy atom. The van der Waals surface area contributed by atoms with E-state index in [0.717, 1.165) is 12.1 Å². The van der Waals surface area contributed by atoms with Crippen molar-refractivity contribution in [2.24, 2.45) is 0 Å². The lowest BCUT2D eigenvalue weighted by molar-refractivity contribution is -0.164. The number of amides is 1. The average Bonchev–Trinajstić information content (AvgIpc) is 2.74. The van der Waals surface area contributed by atoms with Gasteiger partial charge in [0.2, 0.25) is 5.75 Å². The first kappa shape index (κ1) is 22.7. The summed E-state index contributed by atoms with van der Waals surface area (Å²) in [4.78, 5) is 12.2. The molecule has 0 unspecified atom stereocenters. The molecule has 0 aliphatic heterocycles. The van der Waals surface area contributed by atoms with Crippen LogP contribution in [0.3, 0.4) is 0 Å². The van der Waals surface area contributed by atoms with Crippen molar-refractivity contribution in [1.82, 2.24) is 5.32 Å². The lowest BCUT2D eigenvalue weighted by Crippen LogP contribution is -2.40. The van der Waals surface area contributed by atoms with Gasteiger partial charge in [0.1, 0.15) is 11.8 Å². The molecule has 0 fully saturated rings. The lowest BCUT2D eigenvalue weighted by atomic mass is 10.0. The maximum absolute atomic E-state index is 13.7. The van der Waals surface area contributed by atoms with E-state index >= 15 is 0 Å². The van der Waals surface area contributed by atoms with Gasteiger partial charge in [0, 0.05) is 0 Å². The van der Waals surface area contributed by atoms with Crippen LogP contribution in [0.2, 0.25) is 0 Å². The summed E-state index contributed by atoms with van der Waals surface area (Å²) in [5, 5.41) is 10.9. The summed E-state index contributed by atoms with van der Waals surface area (Å²) in [7, 11) is 3.85. The molecule has 10 heteroatoms. The van der Waals surface area contributed by atoms with E-state index in [9.17, 15) is 18.0 Å². The van der Waals surface area contributed by atoms with Crippen LogP contribution in [0.15, 0.2) is 36.4 Å². The van der Waals surface area contributed by atoms with E-state index < -0.39 is 24.7 Å². The van der Waals surface area contributed by atoms with Crippen molar-refractivity contribution in [3.63, 3.8) is 0 Å². The number of alkyl halides is 3. The molecule has 0 aromatic heterocycles. The number of nitrogens with one attached hydrogen (secondary N) is 1. The zero-order chi connectivity index (χ0) is 22.3. The molecule has 7 nitrogen and oxygen atoms in total. The largest absolute Gasteiger partial charge is 0.493 e. The maximum Gasteiger partial charge on any atom is 0.412 e. The molecule has 0 aliphatic rings. The zero-order valence-electron chi connectivity index (χ0n) is 16.4. The first-order valence-electron chi connectivity index (χ1n) is 8.53. The molecule has 1 atom stereocenters. The Balaban J connectivity index is 2.27. The minimum absolute atomic E-state index is 0.00884. The summed E-state index contributed by atoms with van der Waals surface area (Å²) in [6.07, 6.45) is -4.81. The van der Waals surface area contributed by atoms with Crippen LogP contribution in [-0.4, -0.2) is 40.0 Å². The SMILES string of the molecule is COc1cc([C@H](NC(=O)COc2ccccc2C#N)C(F)(F)F)cc(OC)c1OC. The van der Waals surface area contributed by atoms with Crippen molar-refractivity contribution in [1.29, 1.82) is 5.26 Å². The minimum atomic E-state index is -4.81. The highest BCUT2D eigenvalue weighted by atomic mass is 19.4. The number of para-hydroxylation sites is 1. The van der Waals surface area contributed by atoms with Crippen LogP contribution in [0.4, 0.5) is 13.2 Å². The molecule has 0 radical (unpaired) electrons. The number of halogens is 3. The summed E-state index contributed by atoms with van der Waals surface area (Å²) in [5.41, 5.74) is -0.162. The van der Waals surface area contributed by atoms with Crippen LogP contribution >= 0.6 is 0 Å². The van der Waals surface area contributed by atoms with E-state index in [2.05, 4.69) is 0 Å². The summed E-state index contributed by atoms with van der Waals surface area (Å²) in [6.45, 7) is -0.713. The van der Waals surface area contributed by atoms with Gasteiger partial charge < -0.3 is 24.3 Å². The predicted octanol–water partition coefficient (Wildman–Crippen LogP) is 3.38. The van der Waals surface area contributed by atoms with Gasteiger partial charge in [-0.25, -0.2) is 0 Å². The average molecular weight is 424 g/mol. The summed E-state index contributed by atoms with van der Waals surface area (Å²) in [6, 6.07) is 7.78. The number of methoxy groups -OCH3 is 3. The minimum Gasteiger partial charge on any atom is -0.493 e. The summed E-state index contributed by atoms with van der Waals surface area (Å²) >= 11 is 0. The highest BCUT2D eigenvalue weighted by molar-refractivity contribution is 5.78. The molecule has 0 saturated heterocycles. The molecule has 30 heavy (non-hydrogen) atoms. The number of carbonyl (C=O) groups is 1. The molecule has 1 amide bonds. The Bertz CT molecular complexity index is 916. The zero-order valence-corrected chi connectivity index (χ0v) is 16.4. The molecule has 2 aromatic rings. The summed E-state index contributed by atoms with van der Waals surface area (Å²) in [5.74, 6) is -0.804. The van der Waals surface area contributed by atoms with Gasteiger partial charge in [-0.05, 0) is 29.8 Å². The Labute approximate surface area is 170 Å². The van der Waals surface area contributed by atoms with Gasteiger partial charge in [0.25, 0.3) is 5.91 Å². The van der Waals surface area contributed by atoms with Crippen molar-refractivity contribution in [3.05, 3.63) is 47.5 Å². The van der Waals surface area contributed by atoms with E-state index in [0.29, 0.717) is 0 Å². The monoisotopic (exact) mass is 424 g/mol. The van der Waals surface area contributed by atoms with Crippen LogP contribution in [0.25, 0.3) is 0 Å². The molecule has 1 N–H and O–H groups in total. The van der Waals surface area contributed by atoms with Crippen molar-refractivity contribution in [2.45, 2.75) is 12.2 Å². The maximum atomic E-state index is 13.7. The smallest absolute Gasteiger partial charge is 0.412 e. The van der Waals surface area contributed by atoms with Crippen LogP contribution in [0, 0.1) is 11.3 Å². The Morgan fingerprint density at radius 3 is 2.17 bits per heavy atom. The third kappa shape index (κ3) is 5.26. The number of ether oxygens (including phenoxy) is 4. The first-order valence-corrected chi connectivity index (χ1v) is 8.53. The Kier molecular flexibility index (Phi) is 7.36. The number of nitriles is 1. The van der Waals surface area contributed by atoms with Gasteiger partial charge in [-0.1, -0.05) is 12.1 Å². The van der Waals surface area contributed by atoms with Gasteiger partial charge >= 0.3 is 6.18 Å². The van der Waals surface area contributed by atoms with E-state index in [4.69, 9.17) is 24.2 Å². The van der Waals surface area contributed by atoms with E-state index in [-0.39, 0.29) is 34.1 Å². The van der Waals surface area contributed by atoms with Crippen LogP contribution in [0.5, 0.6) is 23.0 Å². The fraction of sp³-hybridized carbons (Fsp3) is 0.300. The molecule has 160 valence electrons. The number of carbonyl (C=O) groups excluding carboxylic acids is 1. The fourth-order valence-corrected chi connectivity index (χ4v) is 2.65. The molecular weight excluding hydrogens is 405 g/mol. The van der Waals surface area contributed by atoms with Gasteiger partial charge in [0.15, 0.2) is 24.1 Å². The van der Waals surface area contributed by atoms with Crippen LogP contribution in [-0.2, 0) is 4.79 Å². The van der Waals surface area contributed by atoms with Gasteiger partial charge in [-0.15, -0.1) is 0 Å². The number of rotatable bonds is 8. The highest BCUT2D eigenvalue weighted by Crippen LogP contribution is 2.42. The topological polar surface area (TPSA) is 89.8 Å². The Hall–Kier alpha value is -3.61. The van der Waals surface area contributed by atoms with Crippen LogP contribution in [0.1, 0.15) is 17.2 Å². The second kappa shape index (κ2) is 9.73. The molecule has 2 aromatic carbocycles. The number of nitrogens with zero attached hydrogens (tertiary/aromatic N) is 1. The van der Waals surface area contributed by atoms with E-state index in [1.54, 1.807) is 12.1 Å². The normalized spacial score (nSPS) is 11.8. The first-order chi connectivity index (χ1) is 14.2. The van der Waals surface area contributed by atoms with Gasteiger partial charge in [-0.2, -0.15) is 18.4 Å². The molecule has 2 rings (SSSR count). The molecule has 0 spiro atoms. The molecule has 0 heterocycles. The fourth-order valence-electron chi connectivity index (χ4n) is 2.65. The third-order valence-electron chi connectivity index (χ3n) is 4.02. The highest BCUT2D eigenvalue weighted by Gasteiger charge is 2.42. The molecule has 0 saturated carbocycles. The van der Waals surface area contributed by atoms with Crippen LogP contribution < -0.4 is 24.3 Å². The van der Waals surface area contributed by atoms with Gasteiger partial charge in [-0.3, -0.25) is 4.79 Å². The second-order valence-corrected chi connectivity index (χ2v) is 5.90. The van der Waals surface area contributed by atoms with E-state index in [1.807, 2.05) is 11.4 Å². The van der Waals surface area contributed by atoms with Crippen molar-refractivity contribution in [2.75, 3.05) is 27.9 Å². The third-order valence-corrected chi connectivity index (χ3v) is 4.02. The molecular formula is C20H19F3N2O5. The second-order valence-electron chi connectivity index (χ2n) is 5.90.